The molecule has 2 aromatic rings. The van der Waals surface area contributed by atoms with Gasteiger partial charge >= 0.3 is 0 Å². The highest BCUT2D eigenvalue weighted by Crippen LogP contribution is 2.15. The number of halogens is 1. The summed E-state index contributed by atoms with van der Waals surface area (Å²) in [5.74, 6) is 2.60. The standard InChI is InChI=1S/C22H32N4O4S.HI/c1-3-31(27,28)26-14-11-19(12-15-26)25-22(23-13-10-21-5-4-16-30-21)24-17-18-6-8-20(29-2)9-7-18;/h4-9,16,19H,3,10-15,17H2,1-2H3,(H2,23,24,25);1H. The molecule has 1 aromatic heterocycles. The number of sulfonamides is 1. The van der Waals surface area contributed by atoms with Crippen molar-refractivity contribution in [1.82, 2.24) is 14.9 Å². The minimum absolute atomic E-state index is 0. The van der Waals surface area contributed by atoms with Gasteiger partial charge in [-0.25, -0.2) is 17.7 Å². The van der Waals surface area contributed by atoms with E-state index in [1.807, 2.05) is 36.4 Å². The molecule has 1 fully saturated rings. The molecule has 1 saturated heterocycles. The van der Waals surface area contributed by atoms with Crippen molar-refractivity contribution in [3.05, 3.63) is 54.0 Å². The Labute approximate surface area is 207 Å². The van der Waals surface area contributed by atoms with Crippen LogP contribution in [0.4, 0.5) is 0 Å². The Kier molecular flexibility index (Phi) is 10.8. The Morgan fingerprint density at radius 1 is 1.22 bits per heavy atom. The van der Waals surface area contributed by atoms with E-state index in [2.05, 4.69) is 10.6 Å². The number of furan rings is 1. The third kappa shape index (κ3) is 7.96. The number of benzene rings is 1. The fourth-order valence-electron chi connectivity index (χ4n) is 3.47. The molecule has 2 N–H and O–H groups in total. The first-order valence-corrected chi connectivity index (χ1v) is 12.3. The second kappa shape index (κ2) is 13.0. The van der Waals surface area contributed by atoms with Crippen molar-refractivity contribution in [1.29, 1.82) is 0 Å². The molecule has 0 unspecified atom stereocenters. The van der Waals surface area contributed by atoms with E-state index in [-0.39, 0.29) is 35.8 Å². The molecular formula is C22H33IN4O4S. The minimum Gasteiger partial charge on any atom is -0.497 e. The molecule has 0 atom stereocenters. The summed E-state index contributed by atoms with van der Waals surface area (Å²) in [6.45, 7) is 3.97. The van der Waals surface area contributed by atoms with Gasteiger partial charge < -0.3 is 19.8 Å². The summed E-state index contributed by atoms with van der Waals surface area (Å²) < 4.78 is 36.4. The average molecular weight is 577 g/mol. The van der Waals surface area contributed by atoms with Crippen LogP contribution in [-0.4, -0.2) is 57.2 Å². The number of nitrogens with one attached hydrogen (secondary N) is 2. The summed E-state index contributed by atoms with van der Waals surface area (Å²) in [4.78, 5) is 4.74. The van der Waals surface area contributed by atoms with Crippen LogP contribution >= 0.6 is 24.0 Å². The van der Waals surface area contributed by atoms with E-state index in [1.165, 1.54) is 0 Å². The van der Waals surface area contributed by atoms with Gasteiger partial charge in [-0.2, -0.15) is 0 Å². The predicted molar refractivity (Wildman–Crippen MR) is 137 cm³/mol. The van der Waals surface area contributed by atoms with Gasteiger partial charge in [0.2, 0.25) is 10.0 Å². The molecule has 1 aliphatic heterocycles. The molecule has 8 nitrogen and oxygen atoms in total. The van der Waals surface area contributed by atoms with Crippen molar-refractivity contribution < 1.29 is 17.6 Å². The second-order valence-corrected chi connectivity index (χ2v) is 9.74. The third-order valence-corrected chi connectivity index (χ3v) is 7.26. The number of aliphatic imine (C=N–C) groups is 1. The molecule has 0 bridgehead atoms. The van der Waals surface area contributed by atoms with Gasteiger partial charge in [0, 0.05) is 32.1 Å². The molecule has 32 heavy (non-hydrogen) atoms. The first-order valence-electron chi connectivity index (χ1n) is 10.7. The third-order valence-electron chi connectivity index (χ3n) is 5.38. The molecule has 10 heteroatoms. The van der Waals surface area contributed by atoms with E-state index in [0.29, 0.717) is 26.2 Å². The molecule has 0 amide bonds. The normalized spacial score (nSPS) is 15.8. The Balaban J connectivity index is 0.00000363. The molecule has 1 aliphatic rings. The van der Waals surface area contributed by atoms with E-state index in [1.54, 1.807) is 24.6 Å². The predicted octanol–water partition coefficient (Wildman–Crippen LogP) is 3.00. The van der Waals surface area contributed by atoms with E-state index in [9.17, 15) is 8.42 Å². The Morgan fingerprint density at radius 3 is 2.53 bits per heavy atom. The fourth-order valence-corrected chi connectivity index (χ4v) is 4.60. The lowest BCUT2D eigenvalue weighted by molar-refractivity contribution is 0.306. The van der Waals surface area contributed by atoms with Crippen LogP contribution in [0, 0.1) is 0 Å². The van der Waals surface area contributed by atoms with E-state index in [0.717, 1.165) is 42.3 Å². The topological polar surface area (TPSA) is 96.2 Å². The number of guanidine groups is 1. The maximum atomic E-state index is 12.1. The Morgan fingerprint density at radius 2 is 1.94 bits per heavy atom. The summed E-state index contributed by atoms with van der Waals surface area (Å²) in [6.07, 6.45) is 3.93. The monoisotopic (exact) mass is 576 g/mol. The van der Waals surface area contributed by atoms with Crippen molar-refractivity contribution in [2.75, 3.05) is 32.5 Å². The van der Waals surface area contributed by atoms with Crippen molar-refractivity contribution >= 4 is 40.0 Å². The number of methoxy groups -OCH3 is 1. The van der Waals surface area contributed by atoms with Gasteiger partial charge in [-0.1, -0.05) is 12.1 Å². The summed E-state index contributed by atoms with van der Waals surface area (Å²) >= 11 is 0. The summed E-state index contributed by atoms with van der Waals surface area (Å²) in [6, 6.07) is 11.8. The van der Waals surface area contributed by atoms with Crippen molar-refractivity contribution in [3.8, 4) is 5.75 Å². The van der Waals surface area contributed by atoms with Gasteiger partial charge in [-0.15, -0.1) is 24.0 Å². The summed E-state index contributed by atoms with van der Waals surface area (Å²) in [7, 11) is -1.48. The molecule has 178 valence electrons. The van der Waals surface area contributed by atoms with Crippen LogP contribution in [0.3, 0.4) is 0 Å². The lowest BCUT2D eigenvalue weighted by Gasteiger charge is -2.32. The van der Waals surface area contributed by atoms with E-state index < -0.39 is 10.0 Å². The van der Waals surface area contributed by atoms with Crippen molar-refractivity contribution in [3.63, 3.8) is 0 Å². The molecule has 0 aliphatic carbocycles. The van der Waals surface area contributed by atoms with Crippen molar-refractivity contribution in [2.45, 2.75) is 38.8 Å². The van der Waals surface area contributed by atoms with Gasteiger partial charge in [0.05, 0.1) is 25.7 Å². The molecule has 1 aromatic carbocycles. The second-order valence-electron chi connectivity index (χ2n) is 7.49. The van der Waals surface area contributed by atoms with Crippen LogP contribution < -0.4 is 15.4 Å². The van der Waals surface area contributed by atoms with E-state index >= 15 is 0 Å². The van der Waals surface area contributed by atoms with Gasteiger partial charge in [0.1, 0.15) is 11.5 Å². The Bertz CT molecular complexity index is 925. The van der Waals surface area contributed by atoms with E-state index in [4.69, 9.17) is 14.1 Å². The van der Waals surface area contributed by atoms with Crippen LogP contribution in [0.1, 0.15) is 31.1 Å². The van der Waals surface area contributed by atoms with Gasteiger partial charge in [-0.3, -0.25) is 0 Å². The SMILES string of the molecule is CCS(=O)(=O)N1CCC(NC(=NCc2ccc(OC)cc2)NCCc2ccco2)CC1.I. The molecule has 2 heterocycles. The summed E-state index contributed by atoms with van der Waals surface area (Å²) in [5.41, 5.74) is 1.08. The lowest BCUT2D eigenvalue weighted by atomic mass is 10.1. The molecule has 3 rings (SSSR count). The smallest absolute Gasteiger partial charge is 0.213 e. The van der Waals surface area contributed by atoms with Crippen LogP contribution in [0.15, 0.2) is 52.1 Å². The molecule has 0 spiro atoms. The zero-order valence-electron chi connectivity index (χ0n) is 18.6. The Hall–Kier alpha value is -1.79. The maximum Gasteiger partial charge on any atom is 0.213 e. The largest absolute Gasteiger partial charge is 0.497 e. The highest BCUT2D eigenvalue weighted by molar-refractivity contribution is 14.0. The first-order chi connectivity index (χ1) is 15.0. The van der Waals surface area contributed by atoms with Crippen LogP contribution in [-0.2, 0) is 23.0 Å². The molecule has 0 saturated carbocycles. The number of ether oxygens (including phenoxy) is 1. The quantitative estimate of drug-likeness (QED) is 0.271. The molecular weight excluding hydrogens is 543 g/mol. The van der Waals surface area contributed by atoms with Gasteiger partial charge in [0.15, 0.2) is 5.96 Å². The number of rotatable bonds is 9. The van der Waals surface area contributed by atoms with Gasteiger partial charge in [0.25, 0.3) is 0 Å². The highest BCUT2D eigenvalue weighted by Gasteiger charge is 2.27. The zero-order valence-corrected chi connectivity index (χ0v) is 21.8. The number of nitrogens with zero attached hydrogens (tertiary/aromatic N) is 2. The van der Waals surface area contributed by atoms with Crippen LogP contribution in [0.5, 0.6) is 5.75 Å². The highest BCUT2D eigenvalue weighted by atomic mass is 127. The summed E-state index contributed by atoms with van der Waals surface area (Å²) in [5, 5.41) is 6.85. The maximum absolute atomic E-state index is 12.1. The average Bonchev–Trinajstić information content (AvgIpc) is 3.31. The molecule has 0 radical (unpaired) electrons. The fraction of sp³-hybridized carbons (Fsp3) is 0.500. The van der Waals surface area contributed by atoms with Crippen molar-refractivity contribution in [2.24, 2.45) is 4.99 Å². The first kappa shape index (κ1) is 26.5. The van der Waals surface area contributed by atoms with Crippen LogP contribution in [0.2, 0.25) is 0 Å². The lowest BCUT2D eigenvalue weighted by Crippen LogP contribution is -2.50. The number of hydrogen-bond donors (Lipinski definition) is 2. The number of piperidine rings is 1. The number of hydrogen-bond acceptors (Lipinski definition) is 5. The zero-order chi connectivity index (χ0) is 22.1. The van der Waals surface area contributed by atoms with Gasteiger partial charge in [-0.05, 0) is 49.6 Å². The minimum atomic E-state index is -3.13. The van der Waals surface area contributed by atoms with Crippen LogP contribution in [0.25, 0.3) is 0 Å².